The van der Waals surface area contributed by atoms with E-state index in [1.54, 1.807) is 4.57 Å². The zero-order valence-corrected chi connectivity index (χ0v) is 16.0. The molecule has 0 aliphatic rings. The normalized spacial score (nSPS) is 10.8. The van der Waals surface area contributed by atoms with Crippen molar-refractivity contribution in [3.8, 4) is 5.69 Å². The minimum atomic E-state index is -0.331. The topological polar surface area (TPSA) is 71.8 Å². The van der Waals surface area contributed by atoms with E-state index in [1.165, 1.54) is 0 Å². The Morgan fingerprint density at radius 2 is 1.59 bits per heavy atom. The van der Waals surface area contributed by atoms with Gasteiger partial charge in [-0.1, -0.05) is 62.4 Å². The van der Waals surface area contributed by atoms with Crippen LogP contribution in [-0.4, -0.2) is 14.5 Å². The maximum Gasteiger partial charge on any atom is 0.356 e. The van der Waals surface area contributed by atoms with E-state index < -0.39 is 0 Å². The maximum absolute atomic E-state index is 12.8. The number of nitrogens with zero attached hydrogens (tertiary/aromatic N) is 3. The second-order valence-corrected chi connectivity index (χ2v) is 6.31. The third kappa shape index (κ3) is 4.23. The first kappa shape index (κ1) is 18.8. The number of anilines is 1. The lowest BCUT2D eigenvalue weighted by molar-refractivity contribution is 0.747. The van der Waals surface area contributed by atoms with E-state index in [1.807, 2.05) is 55.5 Å². The predicted octanol–water partition coefficient (Wildman–Crippen LogP) is 3.18. The van der Waals surface area contributed by atoms with Gasteiger partial charge in [0, 0.05) is 6.54 Å². The monoisotopic (exact) mass is 363 g/mol. The summed E-state index contributed by atoms with van der Waals surface area (Å²) in [4.78, 5) is 21.4. The molecule has 0 aliphatic heterocycles. The molecule has 27 heavy (non-hydrogen) atoms. The minimum Gasteiger partial charge on any atom is -0.289 e. The first-order valence-electron chi connectivity index (χ1n) is 9.25. The summed E-state index contributed by atoms with van der Waals surface area (Å²) in [7, 11) is 0. The minimum absolute atomic E-state index is 0.275. The molecule has 0 bridgehead atoms. The Labute approximate surface area is 159 Å². The van der Waals surface area contributed by atoms with Gasteiger partial charge in [0.25, 0.3) is 0 Å². The van der Waals surface area contributed by atoms with Crippen LogP contribution in [0.2, 0.25) is 0 Å². The highest BCUT2D eigenvalue weighted by Gasteiger charge is 2.14. The molecule has 0 spiro atoms. The molecule has 0 saturated heterocycles. The van der Waals surface area contributed by atoms with Crippen molar-refractivity contribution >= 4 is 5.95 Å². The smallest absolute Gasteiger partial charge is 0.289 e. The van der Waals surface area contributed by atoms with E-state index in [4.69, 9.17) is 0 Å². The Kier molecular flexibility index (Phi) is 5.98. The average Bonchev–Trinajstić information content (AvgIpc) is 2.68. The molecule has 0 aliphatic carbocycles. The Morgan fingerprint density at radius 3 is 2.19 bits per heavy atom. The fourth-order valence-electron chi connectivity index (χ4n) is 3.14. The van der Waals surface area contributed by atoms with Crippen LogP contribution >= 0.6 is 0 Å². The molecular weight excluding hydrogens is 338 g/mol. The van der Waals surface area contributed by atoms with Gasteiger partial charge in [-0.25, -0.2) is 14.8 Å². The lowest BCUT2D eigenvalue weighted by atomic mass is 10.0. The fourth-order valence-corrected chi connectivity index (χ4v) is 3.14. The van der Waals surface area contributed by atoms with Crippen LogP contribution in [0.3, 0.4) is 0 Å². The summed E-state index contributed by atoms with van der Waals surface area (Å²) >= 11 is 0. The Balaban J connectivity index is 1.87. The van der Waals surface area contributed by atoms with E-state index >= 15 is 0 Å². The van der Waals surface area contributed by atoms with Gasteiger partial charge in [0.1, 0.15) is 5.82 Å². The van der Waals surface area contributed by atoms with Gasteiger partial charge in [-0.2, -0.15) is 9.97 Å². The van der Waals surface area contributed by atoms with Crippen LogP contribution in [0.1, 0.15) is 36.4 Å². The Hall–Kier alpha value is -2.99. The number of aromatic nitrogens is 3. The highest BCUT2D eigenvalue weighted by molar-refractivity contribution is 5.49. The highest BCUT2D eigenvalue weighted by atomic mass is 16.1. The van der Waals surface area contributed by atoms with Crippen molar-refractivity contribution in [3.63, 3.8) is 0 Å². The van der Waals surface area contributed by atoms with Gasteiger partial charge >= 0.3 is 5.69 Å². The standard InChI is InChI=1S/C21H25N5O/c1-4-17-12-9-13-18(5-2)19(17)26-15(3)23-20(24-21(26)27)25-22-14-16-10-7-6-8-11-16/h6-13,22H,4-5,14H2,1-3H3,(H,24,25,27). The lowest BCUT2D eigenvalue weighted by Crippen LogP contribution is -2.31. The third-order valence-corrected chi connectivity index (χ3v) is 4.51. The first-order chi connectivity index (χ1) is 13.1. The van der Waals surface area contributed by atoms with Crippen molar-refractivity contribution in [2.75, 3.05) is 5.43 Å². The molecule has 0 saturated carbocycles. The maximum atomic E-state index is 12.8. The van der Waals surface area contributed by atoms with Crippen molar-refractivity contribution in [1.82, 2.24) is 20.0 Å². The third-order valence-electron chi connectivity index (χ3n) is 4.51. The van der Waals surface area contributed by atoms with E-state index in [9.17, 15) is 4.79 Å². The van der Waals surface area contributed by atoms with Crippen molar-refractivity contribution in [1.29, 1.82) is 0 Å². The zero-order valence-electron chi connectivity index (χ0n) is 16.0. The van der Waals surface area contributed by atoms with Gasteiger partial charge in [0.05, 0.1) is 5.69 Å². The summed E-state index contributed by atoms with van der Waals surface area (Å²) in [6.07, 6.45) is 1.68. The number of para-hydroxylation sites is 1. The van der Waals surface area contributed by atoms with Crippen LogP contribution in [0.25, 0.3) is 5.69 Å². The SMILES string of the molecule is CCc1cccc(CC)c1-n1c(C)nc(NNCc2ccccc2)nc1=O. The number of rotatable bonds is 7. The van der Waals surface area contributed by atoms with Crippen molar-refractivity contribution in [2.45, 2.75) is 40.2 Å². The molecule has 0 fully saturated rings. The van der Waals surface area contributed by atoms with Crippen LogP contribution in [0.5, 0.6) is 0 Å². The number of hydrogen-bond donors (Lipinski definition) is 2. The lowest BCUT2D eigenvalue weighted by Gasteiger charge is -2.17. The van der Waals surface area contributed by atoms with Gasteiger partial charge in [0.2, 0.25) is 5.95 Å². The number of nitrogens with one attached hydrogen (secondary N) is 2. The molecule has 6 heteroatoms. The summed E-state index contributed by atoms with van der Waals surface area (Å²) in [5.74, 6) is 0.881. The van der Waals surface area contributed by atoms with Crippen LogP contribution in [0, 0.1) is 6.92 Å². The summed E-state index contributed by atoms with van der Waals surface area (Å²) in [6, 6.07) is 16.1. The highest BCUT2D eigenvalue weighted by Crippen LogP contribution is 2.21. The van der Waals surface area contributed by atoms with E-state index in [0.29, 0.717) is 12.4 Å². The van der Waals surface area contributed by atoms with Gasteiger partial charge in [-0.15, -0.1) is 0 Å². The largest absolute Gasteiger partial charge is 0.356 e. The molecule has 2 N–H and O–H groups in total. The molecule has 0 atom stereocenters. The van der Waals surface area contributed by atoms with Crippen molar-refractivity contribution in [2.24, 2.45) is 0 Å². The average molecular weight is 363 g/mol. The molecule has 1 heterocycles. The van der Waals surface area contributed by atoms with E-state index in [0.717, 1.165) is 35.2 Å². The zero-order chi connectivity index (χ0) is 19.2. The van der Waals surface area contributed by atoms with Gasteiger partial charge < -0.3 is 0 Å². The van der Waals surface area contributed by atoms with Crippen LogP contribution < -0.4 is 16.5 Å². The number of hydrazine groups is 1. The Bertz CT molecular complexity index is 944. The van der Waals surface area contributed by atoms with Crippen molar-refractivity contribution in [3.05, 3.63) is 81.5 Å². The van der Waals surface area contributed by atoms with E-state index in [2.05, 4.69) is 34.7 Å². The first-order valence-corrected chi connectivity index (χ1v) is 9.25. The molecule has 2 aromatic carbocycles. The molecule has 3 aromatic rings. The van der Waals surface area contributed by atoms with Gasteiger partial charge in [0.15, 0.2) is 0 Å². The number of hydrogen-bond acceptors (Lipinski definition) is 5. The molecule has 3 rings (SSSR count). The Morgan fingerprint density at radius 1 is 0.926 bits per heavy atom. The second kappa shape index (κ2) is 8.60. The van der Waals surface area contributed by atoms with Crippen LogP contribution in [0.15, 0.2) is 53.3 Å². The molecule has 140 valence electrons. The quantitative estimate of drug-likeness (QED) is 0.631. The van der Waals surface area contributed by atoms with Gasteiger partial charge in [-0.3, -0.25) is 5.43 Å². The summed E-state index contributed by atoms with van der Waals surface area (Å²) < 4.78 is 1.61. The van der Waals surface area contributed by atoms with Crippen molar-refractivity contribution < 1.29 is 0 Å². The summed E-state index contributed by atoms with van der Waals surface area (Å²) in [5, 5.41) is 0. The summed E-state index contributed by atoms with van der Waals surface area (Å²) in [6.45, 7) is 6.61. The van der Waals surface area contributed by atoms with E-state index in [-0.39, 0.29) is 11.6 Å². The fraction of sp³-hybridized carbons (Fsp3) is 0.286. The van der Waals surface area contributed by atoms with Gasteiger partial charge in [-0.05, 0) is 36.5 Å². The number of benzene rings is 2. The predicted molar refractivity (Wildman–Crippen MR) is 108 cm³/mol. The molecule has 1 aromatic heterocycles. The number of aryl methyl sites for hydroxylation is 3. The molecule has 0 unspecified atom stereocenters. The molecule has 0 radical (unpaired) electrons. The molecule has 0 amide bonds. The van der Waals surface area contributed by atoms with Crippen LogP contribution in [-0.2, 0) is 19.4 Å². The molecular formula is C21H25N5O. The summed E-state index contributed by atoms with van der Waals surface area (Å²) in [5.41, 5.74) is 9.92. The molecule has 6 nitrogen and oxygen atoms in total. The second-order valence-electron chi connectivity index (χ2n) is 6.31. The van der Waals surface area contributed by atoms with Crippen LogP contribution in [0.4, 0.5) is 5.95 Å².